The zero-order valence-corrected chi connectivity index (χ0v) is 13.8. The predicted molar refractivity (Wildman–Crippen MR) is 93.2 cm³/mol. The van der Waals surface area contributed by atoms with Crippen LogP contribution in [0.1, 0.15) is 16.1 Å². The molecule has 0 spiro atoms. The summed E-state index contributed by atoms with van der Waals surface area (Å²) in [6, 6.07) is 11.2. The van der Waals surface area contributed by atoms with E-state index in [1.54, 1.807) is 30.3 Å². The number of ether oxygens (including phenoxy) is 1. The van der Waals surface area contributed by atoms with Crippen LogP contribution in [-0.4, -0.2) is 13.0 Å². The van der Waals surface area contributed by atoms with Crippen LogP contribution in [0.4, 0.5) is 5.69 Å². The fraction of sp³-hybridized carbons (Fsp3) is 0.111. The highest BCUT2D eigenvalue weighted by atomic mass is 35.5. The van der Waals surface area contributed by atoms with Crippen LogP contribution in [0.25, 0.3) is 11.0 Å². The minimum Gasteiger partial charge on any atom is -0.495 e. The highest BCUT2D eigenvalue weighted by Crippen LogP contribution is 2.27. The monoisotopic (exact) mass is 343 g/mol. The summed E-state index contributed by atoms with van der Waals surface area (Å²) in [7, 11) is 1.51. The van der Waals surface area contributed by atoms with Crippen molar-refractivity contribution in [1.82, 2.24) is 0 Å². The second-order valence-corrected chi connectivity index (χ2v) is 5.69. The number of nitrogens with one attached hydrogen (secondary N) is 1. The molecular weight excluding hydrogens is 330 g/mol. The number of halogens is 1. The number of carbonyl (C=O) groups excluding carboxylic acids is 1. The minimum atomic E-state index is -0.531. The quantitative estimate of drug-likeness (QED) is 0.780. The van der Waals surface area contributed by atoms with E-state index in [4.69, 9.17) is 20.8 Å². The Morgan fingerprint density at radius 1 is 1.17 bits per heavy atom. The van der Waals surface area contributed by atoms with Gasteiger partial charge in [0, 0.05) is 11.8 Å². The van der Waals surface area contributed by atoms with E-state index in [-0.39, 0.29) is 11.2 Å². The summed E-state index contributed by atoms with van der Waals surface area (Å²) < 4.78 is 10.6. The molecule has 0 saturated carbocycles. The molecule has 3 aromatic rings. The molecule has 0 unspecified atom stereocenters. The molecule has 0 aliphatic rings. The maximum absolute atomic E-state index is 12.3. The average Bonchev–Trinajstić information content (AvgIpc) is 2.54. The molecule has 1 N–H and O–H groups in total. The molecule has 5 nitrogen and oxygen atoms in total. The molecule has 0 radical (unpaired) electrons. The van der Waals surface area contributed by atoms with Crippen molar-refractivity contribution in [3.05, 3.63) is 69.0 Å². The van der Waals surface area contributed by atoms with Crippen molar-refractivity contribution in [2.24, 2.45) is 0 Å². The van der Waals surface area contributed by atoms with Gasteiger partial charge in [-0.1, -0.05) is 17.7 Å². The largest absolute Gasteiger partial charge is 0.495 e. The minimum absolute atomic E-state index is 0.0648. The molecule has 0 atom stereocenters. The smallest absolute Gasteiger partial charge is 0.291 e. The average molecular weight is 344 g/mol. The third-order valence-corrected chi connectivity index (χ3v) is 3.81. The maximum atomic E-state index is 12.3. The molecule has 0 saturated heterocycles. The zero-order valence-electron chi connectivity index (χ0n) is 13.1. The van der Waals surface area contributed by atoms with Crippen LogP contribution in [-0.2, 0) is 0 Å². The lowest BCUT2D eigenvalue weighted by Gasteiger charge is -2.08. The summed E-state index contributed by atoms with van der Waals surface area (Å²) in [6.07, 6.45) is 0. The topological polar surface area (TPSA) is 68.5 Å². The summed E-state index contributed by atoms with van der Waals surface area (Å²) in [6.45, 7) is 1.88. The molecule has 1 heterocycles. The van der Waals surface area contributed by atoms with Crippen LogP contribution in [0.15, 0.2) is 51.7 Å². The van der Waals surface area contributed by atoms with Gasteiger partial charge < -0.3 is 14.5 Å². The fourth-order valence-electron chi connectivity index (χ4n) is 2.31. The Kier molecular flexibility index (Phi) is 4.27. The van der Waals surface area contributed by atoms with Crippen molar-refractivity contribution in [2.45, 2.75) is 6.92 Å². The van der Waals surface area contributed by atoms with E-state index < -0.39 is 5.91 Å². The number of anilines is 1. The Morgan fingerprint density at radius 3 is 2.67 bits per heavy atom. The Labute approximate surface area is 142 Å². The van der Waals surface area contributed by atoms with Gasteiger partial charge in [-0.3, -0.25) is 9.59 Å². The molecule has 24 heavy (non-hydrogen) atoms. The summed E-state index contributed by atoms with van der Waals surface area (Å²) in [5.74, 6) is -0.0934. The Morgan fingerprint density at radius 2 is 1.96 bits per heavy atom. The molecule has 122 valence electrons. The van der Waals surface area contributed by atoms with E-state index >= 15 is 0 Å². The molecule has 3 rings (SSSR count). The molecule has 2 aromatic carbocycles. The number of hydrogen-bond donors (Lipinski definition) is 1. The lowest BCUT2D eigenvalue weighted by atomic mass is 10.1. The zero-order chi connectivity index (χ0) is 17.3. The van der Waals surface area contributed by atoms with Gasteiger partial charge in [-0.15, -0.1) is 0 Å². The molecule has 0 aliphatic heterocycles. The van der Waals surface area contributed by atoms with E-state index in [1.807, 2.05) is 13.0 Å². The van der Waals surface area contributed by atoms with Gasteiger partial charge >= 0.3 is 0 Å². The molecule has 0 bridgehead atoms. The number of fused-ring (bicyclic) bond motifs is 1. The van der Waals surface area contributed by atoms with Crippen LogP contribution < -0.4 is 15.5 Å². The summed E-state index contributed by atoms with van der Waals surface area (Å²) >= 11 is 6.03. The van der Waals surface area contributed by atoms with Crippen LogP contribution in [0, 0.1) is 6.92 Å². The molecule has 1 aromatic heterocycles. The Hall–Kier alpha value is -2.79. The number of carbonyl (C=O) groups is 1. The van der Waals surface area contributed by atoms with E-state index in [1.165, 1.54) is 13.2 Å². The van der Waals surface area contributed by atoms with Gasteiger partial charge in [-0.2, -0.15) is 0 Å². The highest BCUT2D eigenvalue weighted by Gasteiger charge is 2.13. The third kappa shape index (κ3) is 3.12. The molecular formula is C18H14ClNO4. The summed E-state index contributed by atoms with van der Waals surface area (Å²) in [5.41, 5.74) is 1.51. The number of hydrogen-bond acceptors (Lipinski definition) is 4. The van der Waals surface area contributed by atoms with Gasteiger partial charge in [0.2, 0.25) is 0 Å². The fourth-order valence-corrected chi connectivity index (χ4v) is 2.57. The van der Waals surface area contributed by atoms with Gasteiger partial charge in [-0.25, -0.2) is 0 Å². The van der Waals surface area contributed by atoms with E-state index in [2.05, 4.69) is 5.32 Å². The van der Waals surface area contributed by atoms with Crippen molar-refractivity contribution in [1.29, 1.82) is 0 Å². The van der Waals surface area contributed by atoms with Crippen molar-refractivity contribution in [3.63, 3.8) is 0 Å². The number of amides is 1. The lowest BCUT2D eigenvalue weighted by Crippen LogP contribution is -2.15. The Balaban J connectivity index is 1.94. The summed E-state index contributed by atoms with van der Waals surface area (Å²) in [5, 5.41) is 3.45. The van der Waals surface area contributed by atoms with Crippen molar-refractivity contribution in [2.75, 3.05) is 12.4 Å². The van der Waals surface area contributed by atoms with Crippen molar-refractivity contribution in [3.8, 4) is 5.75 Å². The first-order chi connectivity index (χ1) is 11.5. The molecule has 0 fully saturated rings. The van der Waals surface area contributed by atoms with Crippen LogP contribution in [0.5, 0.6) is 5.75 Å². The first-order valence-electron chi connectivity index (χ1n) is 7.17. The second-order valence-electron chi connectivity index (χ2n) is 5.28. The van der Waals surface area contributed by atoms with Crippen molar-refractivity contribution >= 4 is 34.2 Å². The predicted octanol–water partition coefficient (Wildman–Crippen LogP) is 4.02. The van der Waals surface area contributed by atoms with Crippen molar-refractivity contribution < 1.29 is 13.9 Å². The van der Waals surface area contributed by atoms with E-state index in [9.17, 15) is 9.59 Å². The molecule has 1 amide bonds. The number of aryl methyl sites for hydroxylation is 1. The number of methoxy groups -OCH3 is 1. The highest BCUT2D eigenvalue weighted by molar-refractivity contribution is 6.32. The Bertz CT molecular complexity index is 994. The van der Waals surface area contributed by atoms with E-state index in [0.29, 0.717) is 27.4 Å². The van der Waals surface area contributed by atoms with Gasteiger partial charge in [0.05, 0.1) is 17.5 Å². The maximum Gasteiger partial charge on any atom is 0.291 e. The van der Waals surface area contributed by atoms with Gasteiger partial charge in [0.25, 0.3) is 5.91 Å². The lowest BCUT2D eigenvalue weighted by molar-refractivity contribution is 0.0997. The van der Waals surface area contributed by atoms with Crippen LogP contribution in [0.2, 0.25) is 5.02 Å². The molecule has 0 aliphatic carbocycles. The second kappa shape index (κ2) is 6.37. The number of benzene rings is 2. The summed E-state index contributed by atoms with van der Waals surface area (Å²) in [4.78, 5) is 24.5. The standard InChI is InChI=1S/C18H14ClNO4/c1-10-3-5-12-14(21)9-17(24-16(12)7-10)18(22)20-11-4-6-15(23-2)13(19)8-11/h3-9H,1-2H3,(H,20,22). The SMILES string of the molecule is COc1ccc(NC(=O)c2cc(=O)c3ccc(C)cc3o2)cc1Cl. The first-order valence-corrected chi connectivity index (χ1v) is 7.55. The van der Waals surface area contributed by atoms with Gasteiger partial charge in [0.1, 0.15) is 11.3 Å². The normalized spacial score (nSPS) is 10.6. The van der Waals surface area contributed by atoms with Gasteiger partial charge in [0.15, 0.2) is 11.2 Å². The molecule has 6 heteroatoms. The third-order valence-electron chi connectivity index (χ3n) is 3.52. The van der Waals surface area contributed by atoms with E-state index in [0.717, 1.165) is 5.56 Å². The van der Waals surface area contributed by atoms with Crippen LogP contribution >= 0.6 is 11.6 Å². The first kappa shape index (κ1) is 16.1. The number of rotatable bonds is 3. The van der Waals surface area contributed by atoms with Crippen LogP contribution in [0.3, 0.4) is 0 Å². The van der Waals surface area contributed by atoms with Gasteiger partial charge in [-0.05, 0) is 42.8 Å².